The summed E-state index contributed by atoms with van der Waals surface area (Å²) in [5.74, 6) is 0.823. The molecule has 1 atom stereocenters. The third kappa shape index (κ3) is 4.20. The Bertz CT molecular complexity index is 525. The minimum atomic E-state index is -0.373. The molecule has 0 bridgehead atoms. The van der Waals surface area contributed by atoms with Crippen molar-refractivity contribution < 1.29 is 9.53 Å². The summed E-state index contributed by atoms with van der Waals surface area (Å²) in [6, 6.07) is 5.96. The second kappa shape index (κ2) is 6.36. The van der Waals surface area contributed by atoms with Crippen molar-refractivity contribution in [3.05, 3.63) is 28.2 Å². The first-order chi connectivity index (χ1) is 9.78. The predicted molar refractivity (Wildman–Crippen MR) is 87.4 cm³/mol. The Balaban J connectivity index is 2.16. The maximum atomic E-state index is 12.0. The van der Waals surface area contributed by atoms with Gasteiger partial charge in [0.05, 0.1) is 4.47 Å². The molecular weight excluding hydrogens is 332 g/mol. The monoisotopic (exact) mass is 354 g/mol. The fourth-order valence-electron chi connectivity index (χ4n) is 2.23. The van der Waals surface area contributed by atoms with Crippen LogP contribution in [0, 0.1) is 0 Å². The smallest absolute Gasteiger partial charge is 0.263 e. The Morgan fingerprint density at radius 2 is 2.14 bits per heavy atom. The van der Waals surface area contributed by atoms with E-state index in [1.54, 1.807) is 4.90 Å². The van der Waals surface area contributed by atoms with Crippen molar-refractivity contribution in [3.8, 4) is 5.75 Å². The number of likely N-dealkylation sites (tertiary alicyclic amines) is 1. The van der Waals surface area contributed by atoms with Gasteiger partial charge in [0.2, 0.25) is 0 Å². The number of nitrogens with one attached hydrogen (secondary N) is 1. The molecule has 1 fully saturated rings. The van der Waals surface area contributed by atoms with Crippen LogP contribution in [0.5, 0.6) is 5.75 Å². The Labute approximate surface area is 135 Å². The molecular formula is C16H23BrN2O2. The van der Waals surface area contributed by atoms with Gasteiger partial charge < -0.3 is 15.0 Å². The van der Waals surface area contributed by atoms with Crippen LogP contribution < -0.4 is 10.1 Å². The summed E-state index contributed by atoms with van der Waals surface area (Å²) < 4.78 is 6.89. The maximum Gasteiger partial charge on any atom is 0.263 e. The average molecular weight is 355 g/mol. The molecule has 1 saturated heterocycles. The number of carbonyl (C=O) groups excluding carboxylic acids is 1. The normalized spacial score (nSPS) is 19.2. The van der Waals surface area contributed by atoms with Gasteiger partial charge in [0.15, 0.2) is 6.10 Å². The highest BCUT2D eigenvalue weighted by atomic mass is 79.9. The van der Waals surface area contributed by atoms with Crippen molar-refractivity contribution in [1.82, 2.24) is 10.2 Å². The summed E-state index contributed by atoms with van der Waals surface area (Å²) in [4.78, 5) is 13.7. The lowest BCUT2D eigenvalue weighted by Gasteiger charge is -2.23. The zero-order chi connectivity index (χ0) is 15.6. The minimum absolute atomic E-state index is 0.0307. The minimum Gasteiger partial charge on any atom is -0.479 e. The van der Waals surface area contributed by atoms with Crippen molar-refractivity contribution in [2.75, 3.05) is 13.6 Å². The Morgan fingerprint density at radius 3 is 2.71 bits per heavy atom. The zero-order valence-corrected chi connectivity index (χ0v) is 14.7. The maximum absolute atomic E-state index is 12.0. The number of benzene rings is 1. The number of hydrogen-bond acceptors (Lipinski definition) is 3. The van der Waals surface area contributed by atoms with Gasteiger partial charge in [-0.3, -0.25) is 4.79 Å². The standard InChI is InChI=1S/C16H23BrN2O2/c1-16(2,3)18-10-11-6-5-7-12(17)14(11)21-13-8-9-19(4)15(13)20/h5-7,13,18H,8-10H2,1-4H3. The van der Waals surface area contributed by atoms with E-state index in [0.29, 0.717) is 6.54 Å². The van der Waals surface area contributed by atoms with E-state index in [1.165, 1.54) is 0 Å². The van der Waals surface area contributed by atoms with Crippen LogP contribution in [0.3, 0.4) is 0 Å². The quantitative estimate of drug-likeness (QED) is 0.903. The number of carbonyl (C=O) groups is 1. The van der Waals surface area contributed by atoms with Gasteiger partial charge >= 0.3 is 0 Å². The fraction of sp³-hybridized carbons (Fsp3) is 0.562. The lowest BCUT2D eigenvalue weighted by atomic mass is 10.1. The van der Waals surface area contributed by atoms with Gasteiger partial charge in [-0.2, -0.15) is 0 Å². The van der Waals surface area contributed by atoms with Gasteiger partial charge in [0.25, 0.3) is 5.91 Å². The van der Waals surface area contributed by atoms with E-state index >= 15 is 0 Å². The van der Waals surface area contributed by atoms with Crippen LogP contribution >= 0.6 is 15.9 Å². The molecule has 0 spiro atoms. The molecule has 1 aliphatic heterocycles. The molecule has 2 rings (SSSR count). The topological polar surface area (TPSA) is 41.6 Å². The van der Waals surface area contributed by atoms with Crippen molar-refractivity contribution in [2.45, 2.75) is 45.4 Å². The van der Waals surface area contributed by atoms with E-state index in [2.05, 4.69) is 42.0 Å². The lowest BCUT2D eigenvalue weighted by Crippen LogP contribution is -2.35. The number of amides is 1. The molecule has 5 heteroatoms. The number of halogens is 1. The van der Waals surface area contributed by atoms with Crippen LogP contribution in [0.25, 0.3) is 0 Å². The average Bonchev–Trinajstić information content (AvgIpc) is 2.70. The second-order valence-corrected chi connectivity index (χ2v) is 7.34. The van der Waals surface area contributed by atoms with Crippen LogP contribution in [0.2, 0.25) is 0 Å². The molecule has 0 saturated carbocycles. The van der Waals surface area contributed by atoms with Gasteiger partial charge in [-0.05, 0) is 42.8 Å². The summed E-state index contributed by atoms with van der Waals surface area (Å²) in [6.07, 6.45) is 0.366. The Hall–Kier alpha value is -1.07. The van der Waals surface area contributed by atoms with Crippen molar-refractivity contribution in [3.63, 3.8) is 0 Å². The van der Waals surface area contributed by atoms with E-state index in [9.17, 15) is 4.79 Å². The van der Waals surface area contributed by atoms with E-state index in [1.807, 2.05) is 25.2 Å². The molecule has 1 aromatic carbocycles. The molecule has 1 N–H and O–H groups in total. The molecule has 1 aliphatic rings. The fourth-order valence-corrected chi connectivity index (χ4v) is 2.73. The number of para-hydroxylation sites is 1. The second-order valence-electron chi connectivity index (χ2n) is 6.49. The first kappa shape index (κ1) is 16.3. The number of likely N-dealkylation sites (N-methyl/N-ethyl adjacent to an activating group) is 1. The van der Waals surface area contributed by atoms with Crippen molar-refractivity contribution in [1.29, 1.82) is 0 Å². The van der Waals surface area contributed by atoms with Gasteiger partial charge in [0.1, 0.15) is 5.75 Å². The largest absolute Gasteiger partial charge is 0.479 e. The van der Waals surface area contributed by atoms with Crippen LogP contribution in [-0.2, 0) is 11.3 Å². The van der Waals surface area contributed by atoms with Crippen molar-refractivity contribution >= 4 is 21.8 Å². The van der Waals surface area contributed by atoms with Crippen LogP contribution in [0.1, 0.15) is 32.8 Å². The molecule has 1 amide bonds. The van der Waals surface area contributed by atoms with Crippen LogP contribution in [-0.4, -0.2) is 36.0 Å². The van der Waals surface area contributed by atoms with E-state index in [0.717, 1.165) is 28.8 Å². The van der Waals surface area contributed by atoms with Gasteiger partial charge in [-0.1, -0.05) is 12.1 Å². The number of rotatable bonds is 4. The summed E-state index contributed by atoms with van der Waals surface area (Å²) >= 11 is 3.53. The predicted octanol–water partition coefficient (Wildman–Crippen LogP) is 2.95. The van der Waals surface area contributed by atoms with E-state index in [-0.39, 0.29) is 17.6 Å². The zero-order valence-electron chi connectivity index (χ0n) is 13.1. The molecule has 4 nitrogen and oxygen atoms in total. The summed E-state index contributed by atoms with van der Waals surface area (Å²) in [5.41, 5.74) is 1.09. The number of ether oxygens (including phenoxy) is 1. The summed E-state index contributed by atoms with van der Waals surface area (Å²) in [7, 11) is 1.81. The highest BCUT2D eigenvalue weighted by molar-refractivity contribution is 9.10. The highest BCUT2D eigenvalue weighted by Gasteiger charge is 2.31. The molecule has 0 aliphatic carbocycles. The van der Waals surface area contributed by atoms with Gasteiger partial charge in [-0.25, -0.2) is 0 Å². The van der Waals surface area contributed by atoms with Crippen molar-refractivity contribution in [2.24, 2.45) is 0 Å². The highest BCUT2D eigenvalue weighted by Crippen LogP contribution is 2.31. The van der Waals surface area contributed by atoms with E-state index in [4.69, 9.17) is 4.74 Å². The summed E-state index contributed by atoms with van der Waals surface area (Å²) in [6.45, 7) is 7.83. The molecule has 0 aromatic heterocycles. The van der Waals surface area contributed by atoms with Crippen LogP contribution in [0.15, 0.2) is 22.7 Å². The molecule has 0 radical (unpaired) electrons. The SMILES string of the molecule is CN1CCC(Oc2c(Br)cccc2CNC(C)(C)C)C1=O. The first-order valence-electron chi connectivity index (χ1n) is 7.22. The summed E-state index contributed by atoms with van der Waals surface area (Å²) in [5, 5.41) is 3.45. The Kier molecular flexibility index (Phi) is 4.94. The molecule has 1 aromatic rings. The molecule has 116 valence electrons. The molecule has 1 unspecified atom stereocenters. The Morgan fingerprint density at radius 1 is 1.43 bits per heavy atom. The first-order valence-corrected chi connectivity index (χ1v) is 8.01. The molecule has 1 heterocycles. The lowest BCUT2D eigenvalue weighted by molar-refractivity contribution is -0.132. The molecule has 21 heavy (non-hydrogen) atoms. The number of nitrogens with zero attached hydrogens (tertiary/aromatic N) is 1. The van der Waals surface area contributed by atoms with Gasteiger partial charge in [0, 0.05) is 37.7 Å². The van der Waals surface area contributed by atoms with Gasteiger partial charge in [-0.15, -0.1) is 0 Å². The third-order valence-corrected chi connectivity index (χ3v) is 4.12. The third-order valence-electron chi connectivity index (χ3n) is 3.50. The van der Waals surface area contributed by atoms with Crippen LogP contribution in [0.4, 0.5) is 0 Å². The van der Waals surface area contributed by atoms with E-state index < -0.39 is 0 Å². The number of hydrogen-bond donors (Lipinski definition) is 1.